The molecule has 0 aromatic heterocycles. The molecule has 0 fully saturated rings. The van der Waals surface area contributed by atoms with E-state index in [-0.39, 0.29) is 12.2 Å². The van der Waals surface area contributed by atoms with Gasteiger partial charge in [0.1, 0.15) is 5.75 Å². The van der Waals surface area contributed by atoms with E-state index >= 15 is 0 Å². The molecule has 0 N–H and O–H groups in total. The highest BCUT2D eigenvalue weighted by Gasteiger charge is 2.27. The van der Waals surface area contributed by atoms with Gasteiger partial charge < -0.3 is 4.74 Å². The van der Waals surface area contributed by atoms with Crippen LogP contribution in [0.15, 0.2) is 24.3 Å². The Labute approximate surface area is 84.7 Å². The van der Waals surface area contributed by atoms with Crippen molar-refractivity contribution >= 4 is 11.6 Å². The van der Waals surface area contributed by atoms with Gasteiger partial charge in [0.2, 0.25) is 0 Å². The summed E-state index contributed by atoms with van der Waals surface area (Å²) in [6.45, 7) is 0. The lowest BCUT2D eigenvalue weighted by Gasteiger charge is -2.10. The zero-order valence-corrected chi connectivity index (χ0v) is 7.76. The molecule has 74 valence electrons. The molecule has 0 aliphatic rings. The van der Waals surface area contributed by atoms with E-state index in [1.165, 1.54) is 18.2 Å². The van der Waals surface area contributed by atoms with Gasteiger partial charge in [0.15, 0.2) is 0 Å². The van der Waals surface area contributed by atoms with E-state index in [4.69, 9.17) is 5.26 Å². The molecule has 14 heavy (non-hydrogen) atoms. The molecule has 0 heterocycles. The quantitative estimate of drug-likeness (QED) is 0.730. The Morgan fingerprint density at radius 3 is 2.79 bits per heavy atom. The minimum atomic E-state index is -3.72. The van der Waals surface area contributed by atoms with E-state index in [9.17, 15) is 8.78 Å². The summed E-state index contributed by atoms with van der Waals surface area (Å²) in [5.41, 5.74) is -3.11. The number of nitriles is 1. The van der Waals surface area contributed by atoms with Crippen LogP contribution in [0.25, 0.3) is 0 Å². The molecule has 1 aromatic carbocycles. The molecule has 1 rings (SSSR count). The minimum absolute atomic E-state index is 0.0576. The highest BCUT2D eigenvalue weighted by atomic mass is 35.5. The number of halogens is 3. The molecule has 0 spiro atoms. The highest BCUT2D eigenvalue weighted by molar-refractivity contribution is 6.20. The van der Waals surface area contributed by atoms with Crippen molar-refractivity contribution in [3.63, 3.8) is 0 Å². The molecule has 0 saturated carbocycles. The lowest BCUT2D eigenvalue weighted by molar-refractivity contribution is -0.0964. The Kier molecular flexibility index (Phi) is 3.26. The van der Waals surface area contributed by atoms with E-state index in [0.717, 1.165) is 0 Å². The fourth-order valence-corrected chi connectivity index (χ4v) is 1.03. The van der Waals surface area contributed by atoms with Gasteiger partial charge >= 0.3 is 5.57 Å². The van der Waals surface area contributed by atoms with Crippen LogP contribution in [-0.2, 0) is 6.42 Å². The summed E-state index contributed by atoms with van der Waals surface area (Å²) in [7, 11) is 0. The first-order chi connectivity index (χ1) is 6.51. The molecule has 0 saturated heterocycles. The fraction of sp³-hybridized carbons (Fsp3) is 0.222. The Balaban J connectivity index is 2.79. The second-order valence-electron chi connectivity index (χ2n) is 2.53. The van der Waals surface area contributed by atoms with Gasteiger partial charge in [-0.1, -0.05) is 12.1 Å². The average Bonchev–Trinajstić information content (AvgIpc) is 2.02. The van der Waals surface area contributed by atoms with Gasteiger partial charge in [-0.15, -0.1) is 8.78 Å². The van der Waals surface area contributed by atoms with Gasteiger partial charge in [-0.05, 0) is 17.7 Å². The monoisotopic (exact) mass is 217 g/mol. The summed E-state index contributed by atoms with van der Waals surface area (Å²) in [5.74, 6) is -0.0576. The van der Waals surface area contributed by atoms with Gasteiger partial charge in [-0.2, -0.15) is 5.26 Å². The largest absolute Gasteiger partial charge is 0.487 e. The molecule has 0 aliphatic heterocycles. The van der Waals surface area contributed by atoms with E-state index in [0.29, 0.717) is 5.56 Å². The molecule has 1 aromatic rings. The second-order valence-corrected chi connectivity index (χ2v) is 2.97. The second kappa shape index (κ2) is 4.25. The first kappa shape index (κ1) is 10.7. The van der Waals surface area contributed by atoms with Crippen molar-refractivity contribution in [2.24, 2.45) is 0 Å². The van der Waals surface area contributed by atoms with Gasteiger partial charge in [0.05, 0.1) is 12.5 Å². The van der Waals surface area contributed by atoms with Crippen molar-refractivity contribution in [1.82, 2.24) is 0 Å². The van der Waals surface area contributed by atoms with Crippen molar-refractivity contribution in [3.05, 3.63) is 29.8 Å². The van der Waals surface area contributed by atoms with E-state index in [1.54, 1.807) is 6.07 Å². The number of nitrogens with zero attached hydrogens (tertiary/aromatic N) is 1. The van der Waals surface area contributed by atoms with Gasteiger partial charge in [0, 0.05) is 11.6 Å². The van der Waals surface area contributed by atoms with E-state index in [1.807, 2.05) is 6.07 Å². The lowest BCUT2D eigenvalue weighted by atomic mass is 10.2. The fourth-order valence-electron chi connectivity index (χ4n) is 0.944. The smallest absolute Gasteiger partial charge is 0.420 e. The highest BCUT2D eigenvalue weighted by Crippen LogP contribution is 2.25. The predicted molar refractivity (Wildman–Crippen MR) is 47.2 cm³/mol. The van der Waals surface area contributed by atoms with Crippen LogP contribution in [0.2, 0.25) is 0 Å². The van der Waals surface area contributed by atoms with Crippen LogP contribution in [0, 0.1) is 11.3 Å². The lowest BCUT2D eigenvalue weighted by Crippen LogP contribution is -2.15. The van der Waals surface area contributed by atoms with Crippen LogP contribution < -0.4 is 4.74 Å². The zero-order chi connectivity index (χ0) is 10.6. The van der Waals surface area contributed by atoms with Crippen molar-refractivity contribution in [3.8, 4) is 11.8 Å². The van der Waals surface area contributed by atoms with Gasteiger partial charge in [-0.3, -0.25) is 0 Å². The standard InChI is InChI=1S/C9H6ClF2NO/c10-9(11,12)14-8-3-1-2-7(6-8)4-5-13/h1-3,6H,4H2. The molecular weight excluding hydrogens is 212 g/mol. The number of benzene rings is 1. The summed E-state index contributed by atoms with van der Waals surface area (Å²) in [6.07, 6.45) is 0.144. The molecule has 2 nitrogen and oxygen atoms in total. The van der Waals surface area contributed by atoms with Crippen LogP contribution in [0.4, 0.5) is 8.78 Å². The van der Waals surface area contributed by atoms with Crippen molar-refractivity contribution in [2.75, 3.05) is 0 Å². The number of ether oxygens (including phenoxy) is 1. The first-order valence-corrected chi connectivity index (χ1v) is 4.11. The minimum Gasteiger partial charge on any atom is -0.420 e. The molecule has 5 heteroatoms. The Hall–Kier alpha value is -1.34. The maximum absolute atomic E-state index is 12.2. The SMILES string of the molecule is N#CCc1cccc(OC(F)(F)Cl)c1. The van der Waals surface area contributed by atoms with Crippen molar-refractivity contribution in [2.45, 2.75) is 12.0 Å². The molecule has 0 radical (unpaired) electrons. The molecule has 0 unspecified atom stereocenters. The topological polar surface area (TPSA) is 33.0 Å². The number of alkyl halides is 3. The van der Waals surface area contributed by atoms with Crippen molar-refractivity contribution < 1.29 is 13.5 Å². The Morgan fingerprint density at radius 2 is 2.21 bits per heavy atom. The van der Waals surface area contributed by atoms with Gasteiger partial charge in [0.25, 0.3) is 0 Å². The number of hydrogen-bond donors (Lipinski definition) is 0. The van der Waals surface area contributed by atoms with Gasteiger partial charge in [-0.25, -0.2) is 0 Å². The van der Waals surface area contributed by atoms with Crippen LogP contribution in [0.1, 0.15) is 5.56 Å². The third-order valence-corrected chi connectivity index (χ3v) is 1.49. The zero-order valence-electron chi connectivity index (χ0n) is 7.01. The van der Waals surface area contributed by atoms with Crippen LogP contribution in [0.5, 0.6) is 5.75 Å². The molecule has 0 bridgehead atoms. The summed E-state index contributed by atoms with van der Waals surface area (Å²) in [5, 5.41) is 8.38. The molecule has 0 atom stereocenters. The third-order valence-electron chi connectivity index (χ3n) is 1.42. The van der Waals surface area contributed by atoms with E-state index in [2.05, 4.69) is 16.3 Å². The maximum Gasteiger partial charge on any atom is 0.487 e. The maximum atomic E-state index is 12.2. The van der Waals surface area contributed by atoms with Crippen LogP contribution in [-0.4, -0.2) is 5.57 Å². The summed E-state index contributed by atoms with van der Waals surface area (Å²) < 4.78 is 28.5. The van der Waals surface area contributed by atoms with E-state index < -0.39 is 5.57 Å². The summed E-state index contributed by atoms with van der Waals surface area (Å²) >= 11 is 4.58. The summed E-state index contributed by atoms with van der Waals surface area (Å²) in [4.78, 5) is 0. The normalized spacial score (nSPS) is 10.7. The van der Waals surface area contributed by atoms with Crippen LogP contribution >= 0.6 is 11.6 Å². The Morgan fingerprint density at radius 1 is 1.50 bits per heavy atom. The number of hydrogen-bond acceptors (Lipinski definition) is 2. The predicted octanol–water partition coefficient (Wildman–Crippen LogP) is 2.92. The first-order valence-electron chi connectivity index (χ1n) is 3.73. The average molecular weight is 218 g/mol. The summed E-state index contributed by atoms with van der Waals surface area (Å²) in [6, 6.07) is 7.75. The third kappa shape index (κ3) is 3.58. The Bertz CT molecular complexity index is 357. The molecular formula is C9H6ClF2NO. The molecule has 0 amide bonds. The van der Waals surface area contributed by atoms with Crippen molar-refractivity contribution in [1.29, 1.82) is 5.26 Å². The number of rotatable bonds is 3. The van der Waals surface area contributed by atoms with Crippen LogP contribution in [0.3, 0.4) is 0 Å². The molecule has 0 aliphatic carbocycles.